The molecule has 9 nitrogen and oxygen atoms in total. The molecule has 0 aromatic carbocycles. The van der Waals surface area contributed by atoms with Crippen LogP contribution in [0, 0.1) is 5.82 Å². The smallest absolute Gasteiger partial charge is 0.277 e. The van der Waals surface area contributed by atoms with Crippen LogP contribution in [0.2, 0.25) is 0 Å². The fourth-order valence-corrected chi connectivity index (χ4v) is 4.34. The van der Waals surface area contributed by atoms with Crippen molar-refractivity contribution in [2.45, 2.75) is 25.1 Å². The van der Waals surface area contributed by atoms with Gasteiger partial charge in [0.05, 0.1) is 6.20 Å². The molecule has 12 heteroatoms. The van der Waals surface area contributed by atoms with E-state index >= 15 is 0 Å². The van der Waals surface area contributed by atoms with Crippen LogP contribution in [0.15, 0.2) is 24.5 Å². The van der Waals surface area contributed by atoms with E-state index < -0.39 is 23.9 Å². The van der Waals surface area contributed by atoms with Crippen molar-refractivity contribution >= 4 is 33.8 Å². The number of halogens is 2. The van der Waals surface area contributed by atoms with Crippen molar-refractivity contribution < 1.29 is 13.6 Å². The van der Waals surface area contributed by atoms with Gasteiger partial charge in [-0.25, -0.2) is 13.8 Å². The number of carbonyl (C=O) groups excluding carboxylic acids is 1. The predicted octanol–water partition coefficient (Wildman–Crippen LogP) is 2.18. The van der Waals surface area contributed by atoms with E-state index in [0.717, 1.165) is 11.3 Å². The van der Waals surface area contributed by atoms with Crippen molar-refractivity contribution in [3.63, 3.8) is 0 Å². The molecule has 0 spiro atoms. The van der Waals surface area contributed by atoms with E-state index in [1.54, 1.807) is 11.7 Å². The number of alkyl halides is 1. The van der Waals surface area contributed by atoms with Crippen molar-refractivity contribution in [3.8, 4) is 10.7 Å². The zero-order valence-corrected chi connectivity index (χ0v) is 17.6. The number of aryl methyl sites for hydroxylation is 1. The van der Waals surface area contributed by atoms with Gasteiger partial charge in [0.1, 0.15) is 27.6 Å². The summed E-state index contributed by atoms with van der Waals surface area (Å²) in [7, 11) is 1.74. The molecule has 4 heterocycles. The van der Waals surface area contributed by atoms with Gasteiger partial charge in [0.2, 0.25) is 0 Å². The number of hydrogen-bond acceptors (Lipinski definition) is 8. The summed E-state index contributed by atoms with van der Waals surface area (Å²) < 4.78 is 29.6. The summed E-state index contributed by atoms with van der Waals surface area (Å²) in [5, 5.41) is 7.34. The minimum absolute atomic E-state index is 0.0263. The van der Waals surface area contributed by atoms with Crippen molar-refractivity contribution in [1.29, 1.82) is 0 Å². The molecule has 1 fully saturated rings. The van der Waals surface area contributed by atoms with Gasteiger partial charge in [0.15, 0.2) is 17.3 Å². The quantitative estimate of drug-likeness (QED) is 0.558. The molecule has 164 valence electrons. The molecule has 1 aliphatic heterocycles. The van der Waals surface area contributed by atoms with Crippen LogP contribution in [0.5, 0.6) is 0 Å². The van der Waals surface area contributed by atoms with Crippen molar-refractivity contribution in [1.82, 2.24) is 19.7 Å². The molecule has 4 rings (SSSR count). The van der Waals surface area contributed by atoms with Gasteiger partial charge >= 0.3 is 0 Å². The number of nitrogens with two attached hydrogens (primary N) is 2. The molecule has 3 aromatic heterocycles. The Hall–Kier alpha value is -3.12. The number of carbonyl (C=O) groups is 1. The molecule has 5 N–H and O–H groups in total. The molecule has 0 aliphatic carbocycles. The first-order chi connectivity index (χ1) is 14.8. The third kappa shape index (κ3) is 4.21. The highest BCUT2D eigenvalue weighted by atomic mass is 32.1. The van der Waals surface area contributed by atoms with Crippen LogP contribution in [0.1, 0.15) is 23.3 Å². The summed E-state index contributed by atoms with van der Waals surface area (Å²) in [6.07, 6.45) is 2.64. The zero-order chi connectivity index (χ0) is 22.1. The van der Waals surface area contributed by atoms with Crippen LogP contribution in [-0.4, -0.2) is 51.0 Å². The molecule has 2 atom stereocenters. The highest BCUT2D eigenvalue weighted by molar-refractivity contribution is 7.19. The molecular formula is C19H22F2N8OS. The second-order valence-electron chi connectivity index (χ2n) is 7.27. The fraction of sp³-hybridized carbons (Fsp3) is 0.368. The first-order valence-corrected chi connectivity index (χ1v) is 10.5. The monoisotopic (exact) mass is 448 g/mol. The molecule has 31 heavy (non-hydrogen) atoms. The largest absolute Gasteiger partial charge is 0.389 e. The highest BCUT2D eigenvalue weighted by Gasteiger charge is 2.27. The van der Waals surface area contributed by atoms with Gasteiger partial charge in [-0.2, -0.15) is 5.10 Å². The maximum Gasteiger partial charge on any atom is 0.277 e. The number of nitrogens with one attached hydrogen (secondary N) is 1. The minimum atomic E-state index is -1.07. The van der Waals surface area contributed by atoms with Crippen molar-refractivity contribution in [2.75, 3.05) is 29.0 Å². The number of anilines is 3. The van der Waals surface area contributed by atoms with Gasteiger partial charge < -0.3 is 21.7 Å². The maximum atomic E-state index is 14.0. The Labute approximate surface area is 181 Å². The second kappa shape index (κ2) is 8.55. The number of nitrogens with zero attached hydrogens (tertiary/aromatic N) is 5. The molecule has 3 aromatic rings. The lowest BCUT2D eigenvalue weighted by Gasteiger charge is -2.24. The van der Waals surface area contributed by atoms with Crippen LogP contribution >= 0.6 is 11.3 Å². The Kier molecular flexibility index (Phi) is 5.83. The van der Waals surface area contributed by atoms with Crippen LogP contribution < -0.4 is 21.7 Å². The Morgan fingerprint density at radius 2 is 2.13 bits per heavy atom. The number of amides is 1. The molecule has 1 saturated heterocycles. The van der Waals surface area contributed by atoms with Gasteiger partial charge in [-0.05, 0) is 25.0 Å². The average molecular weight is 449 g/mol. The lowest BCUT2D eigenvalue weighted by molar-refractivity contribution is 0.102. The number of nitrogen functional groups attached to an aromatic ring is 1. The number of pyridine rings is 1. The molecule has 0 bridgehead atoms. The average Bonchev–Trinajstić information content (AvgIpc) is 3.25. The lowest BCUT2D eigenvalue weighted by Crippen LogP contribution is -2.31. The van der Waals surface area contributed by atoms with Gasteiger partial charge in [-0.15, -0.1) is 0 Å². The van der Waals surface area contributed by atoms with E-state index in [1.807, 2.05) is 4.90 Å². The molecule has 0 radical (unpaired) electrons. The van der Waals surface area contributed by atoms with E-state index in [9.17, 15) is 13.6 Å². The standard InChI is InChI=1S/C19H22F2N8OS/c1-28-19(29-7-4-10(20)12(22)5-8-29)13(9-25-28)26-17(30)15-16(23)31-18(27-15)14-11(21)3-2-6-24-14/h2-3,6,9-10,12H,4-5,7-8,22-23H2,1H3,(H,26,30)/t10-,12-/m1/s1. The van der Waals surface area contributed by atoms with Crippen molar-refractivity contribution in [3.05, 3.63) is 36.0 Å². The Bertz CT molecular complexity index is 1090. The number of aromatic nitrogens is 4. The van der Waals surface area contributed by atoms with E-state index in [2.05, 4.69) is 20.4 Å². The molecule has 0 saturated carbocycles. The topological polar surface area (TPSA) is 128 Å². The minimum Gasteiger partial charge on any atom is -0.389 e. The summed E-state index contributed by atoms with van der Waals surface area (Å²) >= 11 is 0.978. The molecule has 0 unspecified atom stereocenters. The second-order valence-corrected chi connectivity index (χ2v) is 8.30. The maximum absolute atomic E-state index is 14.0. The highest BCUT2D eigenvalue weighted by Crippen LogP contribution is 2.32. The third-order valence-electron chi connectivity index (χ3n) is 5.16. The van der Waals surface area contributed by atoms with Crippen LogP contribution in [0.4, 0.5) is 25.3 Å². The normalized spacial score (nSPS) is 19.3. The number of hydrogen-bond donors (Lipinski definition) is 3. The summed E-state index contributed by atoms with van der Waals surface area (Å²) in [6, 6.07) is 2.21. The van der Waals surface area contributed by atoms with E-state index in [4.69, 9.17) is 11.5 Å². The zero-order valence-electron chi connectivity index (χ0n) is 16.8. The molecule has 1 aliphatic rings. The van der Waals surface area contributed by atoms with Gasteiger partial charge in [0, 0.05) is 32.4 Å². The van der Waals surface area contributed by atoms with Gasteiger partial charge in [-0.3, -0.25) is 14.5 Å². The summed E-state index contributed by atoms with van der Waals surface area (Å²) in [4.78, 5) is 23.0. The van der Waals surface area contributed by atoms with E-state index in [-0.39, 0.29) is 27.8 Å². The molecular weight excluding hydrogens is 426 g/mol. The summed E-state index contributed by atoms with van der Waals surface area (Å²) in [5.74, 6) is -0.469. The first-order valence-electron chi connectivity index (χ1n) is 9.70. The van der Waals surface area contributed by atoms with Crippen molar-refractivity contribution in [2.24, 2.45) is 12.8 Å². The molecule has 1 amide bonds. The Morgan fingerprint density at radius 3 is 2.90 bits per heavy atom. The first kappa shape index (κ1) is 21.1. The van der Waals surface area contributed by atoms with Crippen LogP contribution in [0.25, 0.3) is 10.7 Å². The predicted molar refractivity (Wildman–Crippen MR) is 115 cm³/mol. The Balaban J connectivity index is 1.57. The number of rotatable bonds is 4. The lowest BCUT2D eigenvalue weighted by atomic mass is 10.1. The van der Waals surface area contributed by atoms with Gasteiger partial charge in [-0.1, -0.05) is 11.3 Å². The third-order valence-corrected chi connectivity index (χ3v) is 6.05. The Morgan fingerprint density at radius 1 is 1.35 bits per heavy atom. The van der Waals surface area contributed by atoms with Gasteiger partial charge in [0.25, 0.3) is 5.91 Å². The van der Waals surface area contributed by atoms with Crippen LogP contribution in [0.3, 0.4) is 0 Å². The van der Waals surface area contributed by atoms with E-state index in [1.165, 1.54) is 24.5 Å². The SMILES string of the molecule is Cn1ncc(NC(=O)c2nc(-c3ncccc3F)sc2N)c1N1CC[C@@H](N)[C@H](F)CC1. The summed E-state index contributed by atoms with van der Waals surface area (Å²) in [6.45, 7) is 0.977. The fourth-order valence-electron chi connectivity index (χ4n) is 3.52. The van der Waals surface area contributed by atoms with E-state index in [0.29, 0.717) is 31.0 Å². The summed E-state index contributed by atoms with van der Waals surface area (Å²) in [5.41, 5.74) is 12.3. The number of thiazole rings is 1. The van der Waals surface area contributed by atoms with Crippen LogP contribution in [-0.2, 0) is 7.05 Å².